The number of para-hydroxylation sites is 1. The molecular weight excluding hydrogens is 579 g/mol. The largest absolute Gasteiger partial charge is 0.810 e. The van der Waals surface area contributed by atoms with E-state index in [9.17, 15) is 0 Å². The van der Waals surface area contributed by atoms with Crippen LogP contribution in [0.4, 0.5) is 0 Å². The van der Waals surface area contributed by atoms with E-state index in [1.807, 2.05) is 0 Å². The molecule has 230 valence electrons. The summed E-state index contributed by atoms with van der Waals surface area (Å²) >= 11 is 0. The monoisotopic (exact) mass is 616 g/mol. The maximum atomic E-state index is 3.73. The molecule has 1 heterocycles. The minimum atomic E-state index is -1.70. The highest BCUT2D eigenvalue weighted by molar-refractivity contribution is 7.12. The van der Waals surface area contributed by atoms with Gasteiger partial charge >= 0.3 is 6.35 Å². The van der Waals surface area contributed by atoms with Crippen LogP contribution in [0, 0.1) is 0 Å². The maximum Gasteiger partial charge on any atom is 0.414 e. The summed E-state index contributed by atoms with van der Waals surface area (Å²) in [6, 6.07) is 68.4. The van der Waals surface area contributed by atoms with Crippen LogP contribution in [0.15, 0.2) is 188 Å². The number of benzene rings is 7. The Balaban J connectivity index is 1.38. The van der Waals surface area contributed by atoms with Gasteiger partial charge in [0, 0.05) is 6.07 Å². The third-order valence-electron chi connectivity index (χ3n) is 10.3. The minimum Gasteiger partial charge on any atom is -0.810 e. The van der Waals surface area contributed by atoms with Crippen LogP contribution in [0.2, 0.25) is 0 Å². The first kappa shape index (κ1) is 29.5. The van der Waals surface area contributed by atoms with Gasteiger partial charge in [0.2, 0.25) is 5.75 Å². The Bertz CT molecular complexity index is 2120. The van der Waals surface area contributed by atoms with Crippen LogP contribution in [0.5, 0.6) is 5.75 Å². The predicted molar refractivity (Wildman–Crippen MR) is 206 cm³/mol. The van der Waals surface area contributed by atoms with Crippen LogP contribution in [0.3, 0.4) is 0 Å². The molecule has 1 aliphatic heterocycles. The van der Waals surface area contributed by atoms with Gasteiger partial charge in [-0.2, -0.15) is 0 Å². The van der Waals surface area contributed by atoms with Crippen LogP contribution < -0.4 is 10.9 Å². The first-order valence-corrected chi connectivity index (χ1v) is 16.7. The van der Waals surface area contributed by atoms with E-state index in [2.05, 4.69) is 206 Å². The molecule has 48 heavy (non-hydrogen) atoms. The first-order chi connectivity index (χ1) is 23.6. The van der Waals surface area contributed by atoms with Gasteiger partial charge in [-0.15, -0.1) is 10.9 Å². The Hall–Kier alpha value is -5.86. The molecule has 0 amide bonds. The van der Waals surface area contributed by atoms with Crippen molar-refractivity contribution < 1.29 is 4.28 Å². The minimum absolute atomic E-state index is 1.17. The van der Waals surface area contributed by atoms with E-state index >= 15 is 0 Å². The molecule has 0 aromatic heterocycles. The van der Waals surface area contributed by atoms with Gasteiger partial charge in [-0.25, -0.2) is 0 Å². The Morgan fingerprint density at radius 2 is 0.688 bits per heavy atom. The van der Waals surface area contributed by atoms with Crippen LogP contribution in [-0.2, 0) is 4.28 Å². The smallest absolute Gasteiger partial charge is 0.414 e. The van der Waals surface area contributed by atoms with E-state index in [0.29, 0.717) is 0 Å². The topological polar surface area (TPSA) is 2.70 Å². The summed E-state index contributed by atoms with van der Waals surface area (Å²) in [5.74, 6) is 1.17. The lowest BCUT2D eigenvalue weighted by atomic mass is 9.25. The van der Waals surface area contributed by atoms with Crippen molar-refractivity contribution in [3.8, 4) is 39.1 Å². The zero-order valence-corrected chi connectivity index (χ0v) is 27.4. The van der Waals surface area contributed by atoms with Gasteiger partial charge in [0.1, 0.15) is 7.11 Å². The molecule has 0 saturated heterocycles. The molecule has 0 radical (unpaired) electrons. The van der Waals surface area contributed by atoms with Crippen molar-refractivity contribution in [2.24, 2.45) is 0 Å². The van der Waals surface area contributed by atoms with Crippen molar-refractivity contribution in [3.63, 3.8) is 0 Å². The average molecular weight is 617 g/mol. The van der Waals surface area contributed by atoms with Gasteiger partial charge in [-0.05, 0) is 46.4 Å². The molecule has 0 fully saturated rings. The first-order valence-electron chi connectivity index (χ1n) is 16.7. The van der Waals surface area contributed by atoms with Crippen LogP contribution in [0.1, 0.15) is 18.1 Å². The fraction of sp³-hybridized carbons (Fsp3) is 0.0435. The molecule has 0 bridgehead atoms. The summed E-state index contributed by atoms with van der Waals surface area (Å²) in [5, 5.41) is 0. The highest BCUT2D eigenvalue weighted by Gasteiger charge is 2.51. The zero-order valence-electron chi connectivity index (χ0n) is 27.4. The van der Waals surface area contributed by atoms with E-state index in [1.165, 1.54) is 72.2 Å². The lowest BCUT2D eigenvalue weighted by Gasteiger charge is -2.55. The van der Waals surface area contributed by atoms with E-state index < -0.39 is 6.35 Å². The summed E-state index contributed by atoms with van der Waals surface area (Å²) in [6.45, 7) is 2.31. The van der Waals surface area contributed by atoms with Crippen molar-refractivity contribution >= 4 is 28.3 Å². The molecular formula is C46H37BO. The summed E-state index contributed by atoms with van der Waals surface area (Å²) in [7, 11) is 2.21. The molecule has 7 aromatic rings. The second-order valence-corrected chi connectivity index (χ2v) is 12.8. The number of hydrogen-bond acceptors (Lipinski definition) is 0. The van der Waals surface area contributed by atoms with Crippen molar-refractivity contribution in [2.75, 3.05) is 7.11 Å². The highest BCUT2D eigenvalue weighted by Crippen LogP contribution is 2.49. The zero-order chi connectivity index (χ0) is 32.5. The summed E-state index contributed by atoms with van der Waals surface area (Å²) in [6.07, 6.45) is -1.70. The van der Waals surface area contributed by atoms with Crippen molar-refractivity contribution in [3.05, 3.63) is 199 Å². The van der Waals surface area contributed by atoms with Crippen LogP contribution in [0.25, 0.3) is 44.4 Å². The lowest BCUT2D eigenvalue weighted by molar-refractivity contribution is 0.173. The quantitative estimate of drug-likeness (QED) is 0.129. The molecule has 2 heteroatoms. The molecule has 0 spiro atoms. The maximum absolute atomic E-state index is 3.73. The molecule has 0 N–H and O–H groups in total. The summed E-state index contributed by atoms with van der Waals surface area (Å²) in [5.41, 5.74) is 14.9. The molecule has 8 rings (SSSR count). The normalized spacial score (nSPS) is 13.7. The van der Waals surface area contributed by atoms with E-state index in [-0.39, 0.29) is 0 Å². The third kappa shape index (κ3) is 4.98. The van der Waals surface area contributed by atoms with E-state index in [1.54, 1.807) is 0 Å². The molecule has 1 aliphatic rings. The van der Waals surface area contributed by atoms with Gasteiger partial charge < -0.3 is 4.28 Å². The van der Waals surface area contributed by atoms with Crippen molar-refractivity contribution in [1.29, 1.82) is 0 Å². The lowest BCUT2D eigenvalue weighted by Crippen LogP contribution is -2.66. The van der Waals surface area contributed by atoms with Crippen molar-refractivity contribution in [1.82, 2.24) is 0 Å². The number of fused-ring (bicyclic) bond motifs is 1. The molecule has 0 aliphatic carbocycles. The second-order valence-electron chi connectivity index (χ2n) is 12.8. The molecule has 1 nitrogen and oxygen atoms in total. The van der Waals surface area contributed by atoms with Crippen LogP contribution in [-0.4, -0.2) is 13.5 Å². The fourth-order valence-electron chi connectivity index (χ4n) is 7.89. The average Bonchev–Trinajstić information content (AvgIpc) is 3.17. The Morgan fingerprint density at radius 3 is 1.12 bits per heavy atom. The van der Waals surface area contributed by atoms with Gasteiger partial charge in [0.15, 0.2) is 0 Å². The standard InChI is InChI=1S/C46H37BO/c1-34-44-20-12-13-21-45(44)48(2)47(42-30-26-39(27-31-42)36-16-8-4-9-17-36,43-32-28-40(29-33-43)37-18-10-5-11-19-37)46(34)41-24-22-38(23-25-41)35-14-6-3-7-15-35/h3-33H,1-2H3. The fourth-order valence-corrected chi connectivity index (χ4v) is 7.89. The number of hydrogen-bond donors (Lipinski definition) is 0. The third-order valence-corrected chi connectivity index (χ3v) is 10.3. The number of rotatable bonds is 6. The molecule has 0 unspecified atom stereocenters. The number of allylic oxidation sites excluding steroid dienone is 1. The van der Waals surface area contributed by atoms with Gasteiger partial charge in [0.25, 0.3) is 0 Å². The Morgan fingerprint density at radius 1 is 0.354 bits per heavy atom. The van der Waals surface area contributed by atoms with E-state index in [4.69, 9.17) is 0 Å². The van der Waals surface area contributed by atoms with Crippen molar-refractivity contribution in [2.45, 2.75) is 6.92 Å². The highest BCUT2D eigenvalue weighted by atomic mass is 16.6. The Kier molecular flexibility index (Phi) is 7.63. The van der Waals surface area contributed by atoms with Gasteiger partial charge in [0.05, 0.1) is 5.56 Å². The Labute approximate surface area is 284 Å². The summed E-state index contributed by atoms with van der Waals surface area (Å²) < 4.78 is 3.73. The summed E-state index contributed by atoms with van der Waals surface area (Å²) in [4.78, 5) is 0. The van der Waals surface area contributed by atoms with Gasteiger partial charge in [-0.1, -0.05) is 193 Å². The molecule has 0 saturated carbocycles. The van der Waals surface area contributed by atoms with Gasteiger partial charge in [-0.3, -0.25) is 0 Å². The molecule has 7 aromatic carbocycles. The predicted octanol–water partition coefficient (Wildman–Crippen LogP) is 10.8. The SMILES string of the molecule is CC1=C(c2ccc(-c3ccccc3)cc2)[B-](c2ccc(-c3ccccc3)cc2)(c2ccc(-c3ccccc3)cc2)[O+](C)c2ccccc21. The van der Waals surface area contributed by atoms with E-state index in [0.717, 1.165) is 0 Å². The molecule has 0 atom stereocenters. The second kappa shape index (κ2) is 12.4. The van der Waals surface area contributed by atoms with Crippen LogP contribution >= 0.6 is 0 Å².